The van der Waals surface area contributed by atoms with Gasteiger partial charge < -0.3 is 4.74 Å². The number of pyridine rings is 1. The number of benzene rings is 2. The van der Waals surface area contributed by atoms with Crippen LogP contribution in [0.4, 0.5) is 13.2 Å². The average Bonchev–Trinajstić information content (AvgIpc) is 3.21. The fourth-order valence-corrected chi connectivity index (χ4v) is 3.88. The molecule has 0 atom stereocenters. The van der Waals surface area contributed by atoms with E-state index in [1.54, 1.807) is 48.1 Å². The fraction of sp³-hybridized carbons (Fsp3) is 0.115. The van der Waals surface area contributed by atoms with Crippen molar-refractivity contribution in [3.8, 4) is 22.7 Å². The number of hydrogen-bond donors (Lipinski definition) is 0. The highest BCUT2D eigenvalue weighted by atomic mass is 19.2. The molecule has 0 unspecified atom stereocenters. The van der Waals surface area contributed by atoms with Gasteiger partial charge in [-0.3, -0.25) is 9.20 Å². The minimum absolute atomic E-state index is 0.0329. The van der Waals surface area contributed by atoms with E-state index in [-0.39, 0.29) is 23.6 Å². The molecule has 0 spiro atoms. The minimum Gasteiger partial charge on any atom is -0.485 e. The minimum atomic E-state index is -0.964. The largest absolute Gasteiger partial charge is 0.485 e. The fourth-order valence-electron chi connectivity index (χ4n) is 3.88. The van der Waals surface area contributed by atoms with E-state index in [1.165, 1.54) is 22.6 Å². The molecule has 0 saturated carbocycles. The van der Waals surface area contributed by atoms with E-state index in [0.29, 0.717) is 34.0 Å². The van der Waals surface area contributed by atoms with Crippen LogP contribution < -0.4 is 10.3 Å². The summed E-state index contributed by atoms with van der Waals surface area (Å²) >= 11 is 0. The first-order chi connectivity index (χ1) is 16.8. The molecule has 5 aromatic rings. The lowest BCUT2D eigenvalue weighted by molar-refractivity contribution is 0.306. The standard InChI is InChI=1S/C26H19F3N4O2/c1-15-12-22(31-33(15)19-8-6-18(27)7-9-19)24-16(2)30-25-23(4-3-11-32(25)26(24)34)35-14-17-5-10-20(28)21(29)13-17/h3-13H,14H2,1-2H3. The molecule has 0 saturated heterocycles. The van der Waals surface area contributed by atoms with Gasteiger partial charge in [0, 0.05) is 11.9 Å². The monoisotopic (exact) mass is 476 g/mol. The number of halogens is 3. The van der Waals surface area contributed by atoms with Gasteiger partial charge in [-0.1, -0.05) is 6.07 Å². The molecule has 0 aliphatic rings. The second-order valence-corrected chi connectivity index (χ2v) is 8.04. The van der Waals surface area contributed by atoms with Gasteiger partial charge in [-0.15, -0.1) is 0 Å². The van der Waals surface area contributed by atoms with Crippen LogP contribution in [-0.4, -0.2) is 19.2 Å². The highest BCUT2D eigenvalue weighted by molar-refractivity contribution is 5.65. The van der Waals surface area contributed by atoms with Crippen molar-refractivity contribution < 1.29 is 17.9 Å². The van der Waals surface area contributed by atoms with Crippen molar-refractivity contribution >= 4 is 5.65 Å². The van der Waals surface area contributed by atoms with Crippen molar-refractivity contribution in [2.24, 2.45) is 0 Å². The van der Waals surface area contributed by atoms with E-state index in [9.17, 15) is 18.0 Å². The van der Waals surface area contributed by atoms with E-state index in [2.05, 4.69) is 10.1 Å². The van der Waals surface area contributed by atoms with Crippen molar-refractivity contribution in [3.05, 3.63) is 112 Å². The van der Waals surface area contributed by atoms with E-state index in [0.717, 1.165) is 17.8 Å². The molecule has 0 N–H and O–H groups in total. The Morgan fingerprint density at radius 3 is 2.46 bits per heavy atom. The molecule has 0 aliphatic heterocycles. The highest BCUT2D eigenvalue weighted by Crippen LogP contribution is 2.24. The smallest absolute Gasteiger partial charge is 0.267 e. The first kappa shape index (κ1) is 22.4. The van der Waals surface area contributed by atoms with E-state index in [1.807, 2.05) is 6.92 Å². The molecule has 176 valence electrons. The third-order valence-electron chi connectivity index (χ3n) is 5.59. The lowest BCUT2D eigenvalue weighted by Crippen LogP contribution is -2.19. The maximum absolute atomic E-state index is 13.5. The second-order valence-electron chi connectivity index (χ2n) is 8.04. The van der Waals surface area contributed by atoms with Gasteiger partial charge in [0.25, 0.3) is 5.56 Å². The van der Waals surface area contributed by atoms with Gasteiger partial charge in [0.1, 0.15) is 18.1 Å². The molecule has 35 heavy (non-hydrogen) atoms. The molecule has 5 rings (SSSR count). The van der Waals surface area contributed by atoms with Gasteiger partial charge in [-0.05, 0) is 74.0 Å². The van der Waals surface area contributed by atoms with E-state index < -0.39 is 11.6 Å². The molecular weight excluding hydrogens is 457 g/mol. The normalized spacial score (nSPS) is 11.2. The number of rotatable bonds is 5. The predicted molar refractivity (Wildman–Crippen MR) is 124 cm³/mol. The van der Waals surface area contributed by atoms with Crippen molar-refractivity contribution in [1.82, 2.24) is 19.2 Å². The van der Waals surface area contributed by atoms with Gasteiger partial charge in [-0.2, -0.15) is 5.10 Å². The van der Waals surface area contributed by atoms with Crippen LogP contribution in [0.25, 0.3) is 22.6 Å². The summed E-state index contributed by atoms with van der Waals surface area (Å²) < 4.78 is 48.8. The maximum Gasteiger partial charge on any atom is 0.267 e. The third-order valence-corrected chi connectivity index (χ3v) is 5.59. The summed E-state index contributed by atoms with van der Waals surface area (Å²) in [6.07, 6.45) is 1.57. The van der Waals surface area contributed by atoms with Gasteiger partial charge in [-0.25, -0.2) is 22.8 Å². The summed E-state index contributed by atoms with van der Waals surface area (Å²) in [7, 11) is 0. The topological polar surface area (TPSA) is 61.4 Å². The molecule has 0 bridgehead atoms. The molecule has 9 heteroatoms. The summed E-state index contributed by atoms with van der Waals surface area (Å²) in [6.45, 7) is 3.51. The number of hydrogen-bond acceptors (Lipinski definition) is 4. The van der Waals surface area contributed by atoms with Crippen molar-refractivity contribution in [3.63, 3.8) is 0 Å². The van der Waals surface area contributed by atoms with Crippen LogP contribution in [0.3, 0.4) is 0 Å². The molecule has 3 heterocycles. The van der Waals surface area contributed by atoms with Crippen LogP contribution in [0.5, 0.6) is 5.75 Å². The van der Waals surface area contributed by atoms with Crippen LogP contribution >= 0.6 is 0 Å². The first-order valence-corrected chi connectivity index (χ1v) is 10.7. The number of aryl methyl sites for hydroxylation is 2. The van der Waals surface area contributed by atoms with Crippen LogP contribution in [0, 0.1) is 31.3 Å². The molecule has 2 aromatic carbocycles. The van der Waals surface area contributed by atoms with E-state index in [4.69, 9.17) is 4.74 Å². The molecule has 0 fully saturated rings. The summed E-state index contributed by atoms with van der Waals surface area (Å²) in [5.74, 6) is -1.94. The molecule has 0 aliphatic carbocycles. The van der Waals surface area contributed by atoms with Crippen LogP contribution in [-0.2, 0) is 6.61 Å². The maximum atomic E-state index is 13.5. The summed E-state index contributed by atoms with van der Waals surface area (Å²) in [5, 5.41) is 4.57. The molecule has 6 nitrogen and oxygen atoms in total. The van der Waals surface area contributed by atoms with Gasteiger partial charge in [0.2, 0.25) is 0 Å². The van der Waals surface area contributed by atoms with Gasteiger partial charge >= 0.3 is 0 Å². The Kier molecular flexibility index (Phi) is 5.60. The Morgan fingerprint density at radius 1 is 0.943 bits per heavy atom. The second kappa shape index (κ2) is 8.75. The number of aromatic nitrogens is 4. The molecule has 0 radical (unpaired) electrons. The first-order valence-electron chi connectivity index (χ1n) is 10.7. The van der Waals surface area contributed by atoms with Gasteiger partial charge in [0.15, 0.2) is 23.0 Å². The van der Waals surface area contributed by atoms with Crippen LogP contribution in [0.1, 0.15) is 17.0 Å². The summed E-state index contributed by atoms with van der Waals surface area (Å²) in [6, 6.07) is 14.5. The SMILES string of the molecule is Cc1nc2c(OCc3ccc(F)c(F)c3)cccn2c(=O)c1-c1cc(C)n(-c2ccc(F)cc2)n1. The Labute approximate surface area is 197 Å². The molecular formula is C26H19F3N4O2. The van der Waals surface area contributed by atoms with Crippen molar-refractivity contribution in [1.29, 1.82) is 0 Å². The zero-order valence-corrected chi connectivity index (χ0v) is 18.8. The predicted octanol–water partition coefficient (Wildman–Crippen LogP) is 5.16. The molecule has 0 amide bonds. The Balaban J connectivity index is 1.53. The zero-order chi connectivity index (χ0) is 24.7. The summed E-state index contributed by atoms with van der Waals surface area (Å²) in [5.41, 5.74) is 3.01. The van der Waals surface area contributed by atoms with Crippen LogP contribution in [0.2, 0.25) is 0 Å². The quantitative estimate of drug-likeness (QED) is 0.352. The molecule has 3 aromatic heterocycles. The number of ether oxygens (including phenoxy) is 1. The van der Waals surface area contributed by atoms with Crippen LogP contribution in [0.15, 0.2) is 71.7 Å². The Hall–Kier alpha value is -4.40. The number of nitrogens with zero attached hydrogens (tertiary/aromatic N) is 4. The van der Waals surface area contributed by atoms with Crippen molar-refractivity contribution in [2.45, 2.75) is 20.5 Å². The Bertz CT molecular complexity index is 1630. The number of fused-ring (bicyclic) bond motifs is 1. The van der Waals surface area contributed by atoms with Crippen molar-refractivity contribution in [2.75, 3.05) is 0 Å². The average molecular weight is 476 g/mol. The van der Waals surface area contributed by atoms with Gasteiger partial charge in [0.05, 0.1) is 16.9 Å². The lowest BCUT2D eigenvalue weighted by Gasteiger charge is -2.12. The van der Waals surface area contributed by atoms with E-state index >= 15 is 0 Å². The Morgan fingerprint density at radius 2 is 1.71 bits per heavy atom. The third kappa shape index (κ3) is 4.16. The highest BCUT2D eigenvalue weighted by Gasteiger charge is 2.18. The zero-order valence-electron chi connectivity index (χ0n) is 18.8. The lowest BCUT2D eigenvalue weighted by atomic mass is 10.1. The summed E-state index contributed by atoms with van der Waals surface area (Å²) in [4.78, 5) is 18.0.